The van der Waals surface area contributed by atoms with Gasteiger partial charge in [0.2, 0.25) is 0 Å². The summed E-state index contributed by atoms with van der Waals surface area (Å²) in [4.78, 5) is 12.1. The van der Waals surface area contributed by atoms with Gasteiger partial charge in [0, 0.05) is 5.92 Å². The van der Waals surface area contributed by atoms with Crippen molar-refractivity contribution in [2.75, 3.05) is 0 Å². The minimum Gasteiger partial charge on any atom is -0.393 e. The van der Waals surface area contributed by atoms with Crippen molar-refractivity contribution >= 4 is 5.78 Å². The molecule has 0 bridgehead atoms. The molecule has 2 nitrogen and oxygen atoms in total. The summed E-state index contributed by atoms with van der Waals surface area (Å²) >= 11 is 0. The molecule has 1 N–H and O–H groups in total. The highest BCUT2D eigenvalue weighted by atomic mass is 16.3. The molecule has 2 heteroatoms. The summed E-state index contributed by atoms with van der Waals surface area (Å²) < 4.78 is 0. The zero-order chi connectivity index (χ0) is 16.4. The Hall–Kier alpha value is -0.630. The maximum Gasteiger partial charge on any atom is 0.134 e. The Bertz CT molecular complexity index is 550. The van der Waals surface area contributed by atoms with Gasteiger partial charge in [-0.05, 0) is 86.9 Å². The minimum atomic E-state index is -0.0636. The van der Waals surface area contributed by atoms with Crippen molar-refractivity contribution in [1.82, 2.24) is 0 Å². The van der Waals surface area contributed by atoms with E-state index in [0.29, 0.717) is 23.0 Å². The van der Waals surface area contributed by atoms with Crippen molar-refractivity contribution in [2.24, 2.45) is 34.5 Å². The third-order valence-electron chi connectivity index (χ3n) is 8.53. The summed E-state index contributed by atoms with van der Waals surface area (Å²) in [5, 5.41) is 10.1. The molecule has 3 saturated carbocycles. The van der Waals surface area contributed by atoms with Crippen LogP contribution in [0.25, 0.3) is 0 Å². The Balaban J connectivity index is 1.64. The third kappa shape index (κ3) is 2.13. The van der Waals surface area contributed by atoms with Gasteiger partial charge >= 0.3 is 0 Å². The lowest BCUT2D eigenvalue weighted by molar-refractivity contribution is -0.125. The number of ketones is 1. The highest BCUT2D eigenvalue weighted by Gasteiger charge is 2.57. The van der Waals surface area contributed by atoms with Crippen molar-refractivity contribution in [3.63, 3.8) is 0 Å². The molecule has 0 aromatic heterocycles. The highest BCUT2D eigenvalue weighted by Crippen LogP contribution is 2.65. The Morgan fingerprint density at radius 3 is 2.70 bits per heavy atom. The number of hydrogen-bond donors (Lipinski definition) is 1. The lowest BCUT2D eigenvalue weighted by atomic mass is 9.46. The first kappa shape index (κ1) is 15.9. The standard InChI is InChI=1S/C21H32O2/c1-13(22)17-6-7-18-16-5-4-14-12-15(23)8-10-20(14,2)19(16)9-11-21(17,18)3/h7,14-17,19,23H,4-6,8-12H2,1-3H3/t14?,15?,16-,17+,19-,20-,21+/m0/s1. The van der Waals surface area contributed by atoms with Gasteiger partial charge in [0.1, 0.15) is 5.78 Å². The lowest BCUT2D eigenvalue weighted by Gasteiger charge is -2.59. The molecule has 0 saturated heterocycles. The fourth-order valence-corrected chi connectivity index (χ4v) is 7.18. The predicted octanol–water partition coefficient (Wildman–Crippen LogP) is 4.52. The Kier molecular flexibility index (Phi) is 3.58. The maximum absolute atomic E-state index is 12.1. The monoisotopic (exact) mass is 316 g/mol. The number of Topliss-reactive ketones (excluding diaryl/α,β-unsaturated/α-hetero) is 1. The van der Waals surface area contributed by atoms with Crippen LogP contribution in [0.4, 0.5) is 0 Å². The van der Waals surface area contributed by atoms with E-state index in [1.165, 1.54) is 32.1 Å². The summed E-state index contributed by atoms with van der Waals surface area (Å²) in [7, 11) is 0. The molecule has 4 aliphatic rings. The van der Waals surface area contributed by atoms with E-state index < -0.39 is 0 Å². The second kappa shape index (κ2) is 5.18. The molecule has 0 amide bonds. The van der Waals surface area contributed by atoms with E-state index in [1.807, 2.05) is 0 Å². The fraction of sp³-hybridized carbons (Fsp3) is 0.857. The van der Waals surface area contributed by atoms with Crippen molar-refractivity contribution in [3.05, 3.63) is 11.6 Å². The van der Waals surface area contributed by atoms with Gasteiger partial charge in [0.05, 0.1) is 6.10 Å². The van der Waals surface area contributed by atoms with E-state index in [4.69, 9.17) is 0 Å². The molecule has 0 aromatic carbocycles. The normalized spacial score (nSPS) is 52.2. The molecule has 4 aliphatic carbocycles. The first-order valence-corrected chi connectivity index (χ1v) is 9.75. The summed E-state index contributed by atoms with van der Waals surface area (Å²) in [5.74, 6) is 2.81. The molecule has 0 heterocycles. The zero-order valence-corrected chi connectivity index (χ0v) is 15.0. The molecule has 0 aliphatic heterocycles. The molecule has 3 fully saturated rings. The van der Waals surface area contributed by atoms with Crippen LogP contribution in [0.15, 0.2) is 11.6 Å². The quantitative estimate of drug-likeness (QED) is 0.722. The van der Waals surface area contributed by atoms with Gasteiger partial charge < -0.3 is 5.11 Å². The largest absolute Gasteiger partial charge is 0.393 e. The number of aliphatic hydroxyl groups is 1. The van der Waals surface area contributed by atoms with Crippen LogP contribution in [0.2, 0.25) is 0 Å². The second-order valence-electron chi connectivity index (χ2n) is 9.44. The van der Waals surface area contributed by atoms with Crippen molar-refractivity contribution in [1.29, 1.82) is 0 Å². The van der Waals surface area contributed by atoms with Gasteiger partial charge in [-0.1, -0.05) is 25.5 Å². The molecule has 2 unspecified atom stereocenters. The second-order valence-corrected chi connectivity index (χ2v) is 9.44. The third-order valence-corrected chi connectivity index (χ3v) is 8.53. The van der Waals surface area contributed by atoms with Gasteiger partial charge in [0.15, 0.2) is 0 Å². The number of carbonyl (C=O) groups is 1. The maximum atomic E-state index is 12.1. The van der Waals surface area contributed by atoms with Gasteiger partial charge in [-0.2, -0.15) is 0 Å². The molecular formula is C21H32O2. The zero-order valence-electron chi connectivity index (χ0n) is 15.0. The topological polar surface area (TPSA) is 37.3 Å². The van der Waals surface area contributed by atoms with Crippen LogP contribution in [-0.2, 0) is 4.79 Å². The average molecular weight is 316 g/mol. The van der Waals surface area contributed by atoms with Gasteiger partial charge in [0.25, 0.3) is 0 Å². The van der Waals surface area contributed by atoms with Crippen LogP contribution in [0.1, 0.15) is 72.1 Å². The minimum absolute atomic E-state index is 0.0636. The molecule has 0 spiro atoms. The van der Waals surface area contributed by atoms with Gasteiger partial charge in [-0.3, -0.25) is 4.79 Å². The van der Waals surface area contributed by atoms with E-state index in [-0.39, 0.29) is 17.4 Å². The number of rotatable bonds is 1. The Morgan fingerprint density at radius 2 is 1.96 bits per heavy atom. The number of hydrogen-bond acceptors (Lipinski definition) is 2. The summed E-state index contributed by atoms with van der Waals surface area (Å²) in [5.41, 5.74) is 2.20. The van der Waals surface area contributed by atoms with E-state index in [9.17, 15) is 9.90 Å². The van der Waals surface area contributed by atoms with Crippen molar-refractivity contribution < 1.29 is 9.90 Å². The lowest BCUT2D eigenvalue weighted by Crippen LogP contribution is -2.52. The van der Waals surface area contributed by atoms with E-state index in [0.717, 1.165) is 25.2 Å². The van der Waals surface area contributed by atoms with Crippen molar-refractivity contribution in [2.45, 2.75) is 78.2 Å². The summed E-state index contributed by atoms with van der Waals surface area (Å²) in [6, 6.07) is 0. The smallest absolute Gasteiger partial charge is 0.134 e. The van der Waals surface area contributed by atoms with E-state index >= 15 is 0 Å². The summed E-state index contributed by atoms with van der Waals surface area (Å²) in [6.45, 7) is 6.67. The Morgan fingerprint density at radius 1 is 1.17 bits per heavy atom. The van der Waals surface area contributed by atoms with Crippen molar-refractivity contribution in [3.8, 4) is 0 Å². The van der Waals surface area contributed by atoms with Gasteiger partial charge in [-0.15, -0.1) is 0 Å². The highest BCUT2D eigenvalue weighted by molar-refractivity contribution is 5.80. The first-order valence-electron chi connectivity index (χ1n) is 9.75. The molecule has 23 heavy (non-hydrogen) atoms. The molecule has 0 radical (unpaired) electrons. The molecule has 4 rings (SSSR count). The number of allylic oxidation sites excluding steroid dienone is 2. The van der Waals surface area contributed by atoms with E-state index in [1.54, 1.807) is 12.5 Å². The number of aliphatic hydroxyl groups excluding tert-OH is 1. The number of carbonyl (C=O) groups excluding carboxylic acids is 1. The van der Waals surface area contributed by atoms with Crippen LogP contribution in [-0.4, -0.2) is 17.0 Å². The van der Waals surface area contributed by atoms with Crippen LogP contribution in [0.3, 0.4) is 0 Å². The Labute approximate surface area is 140 Å². The SMILES string of the molecule is CC(=O)[C@H]1CC=C2[C@@H]3CCC4CC(O)CC[C@]4(C)[C@H]3CC[C@@]21C. The molecule has 7 atom stereocenters. The average Bonchev–Trinajstić information content (AvgIpc) is 2.85. The summed E-state index contributed by atoms with van der Waals surface area (Å²) in [6.07, 6.45) is 11.6. The first-order chi connectivity index (χ1) is 10.9. The van der Waals surface area contributed by atoms with Gasteiger partial charge in [-0.25, -0.2) is 0 Å². The molecular weight excluding hydrogens is 284 g/mol. The van der Waals surface area contributed by atoms with Crippen LogP contribution in [0.5, 0.6) is 0 Å². The predicted molar refractivity (Wildman–Crippen MR) is 91.9 cm³/mol. The van der Waals surface area contributed by atoms with Crippen LogP contribution < -0.4 is 0 Å². The van der Waals surface area contributed by atoms with E-state index in [2.05, 4.69) is 19.9 Å². The molecule has 0 aromatic rings. The number of fused-ring (bicyclic) bond motifs is 5. The molecule has 128 valence electrons. The fourth-order valence-electron chi connectivity index (χ4n) is 7.18. The van der Waals surface area contributed by atoms with Crippen LogP contribution >= 0.6 is 0 Å². The van der Waals surface area contributed by atoms with Crippen LogP contribution in [0, 0.1) is 34.5 Å².